The first-order valence-electron chi connectivity index (χ1n) is 11.6. The number of sulfonamides is 1. The summed E-state index contributed by atoms with van der Waals surface area (Å²) in [6.07, 6.45) is 3.51. The zero-order valence-corrected chi connectivity index (χ0v) is 20.6. The summed E-state index contributed by atoms with van der Waals surface area (Å²) in [7, 11) is -2.22. The highest BCUT2D eigenvalue weighted by Crippen LogP contribution is 2.29. The lowest BCUT2D eigenvalue weighted by Crippen LogP contribution is -2.17. The van der Waals surface area contributed by atoms with E-state index >= 15 is 0 Å². The Morgan fingerprint density at radius 1 is 0.806 bits per heavy atom. The average molecular weight is 499 g/mol. The zero-order valence-electron chi connectivity index (χ0n) is 19.7. The Bertz CT molecular complexity index is 1530. The van der Waals surface area contributed by atoms with Gasteiger partial charge in [-0.2, -0.15) is 5.10 Å². The van der Waals surface area contributed by atoms with Gasteiger partial charge in [0.25, 0.3) is 10.0 Å². The second-order valence-electron chi connectivity index (χ2n) is 8.45. The molecule has 2 N–H and O–H groups in total. The van der Waals surface area contributed by atoms with E-state index in [4.69, 9.17) is 0 Å². The van der Waals surface area contributed by atoms with Crippen molar-refractivity contribution in [3.63, 3.8) is 0 Å². The molecule has 0 aliphatic rings. The largest absolute Gasteiger partial charge is 0.367 e. The predicted octanol–water partition coefficient (Wildman–Crippen LogP) is 4.80. The van der Waals surface area contributed by atoms with Crippen molar-refractivity contribution in [2.24, 2.45) is 7.05 Å². The van der Waals surface area contributed by atoms with Crippen LogP contribution >= 0.6 is 0 Å². The molecule has 0 aliphatic carbocycles. The van der Waals surface area contributed by atoms with Crippen molar-refractivity contribution in [1.82, 2.24) is 19.7 Å². The number of benzene rings is 3. The van der Waals surface area contributed by atoms with E-state index in [1.807, 2.05) is 54.6 Å². The first-order chi connectivity index (χ1) is 17.5. The SMILES string of the molecule is Cn1cc(S(=O)(=O)Nc2nc3ccccc3nc2NCCC(c2ccccc2)c2ccccc2)cn1. The van der Waals surface area contributed by atoms with Crippen LogP contribution in [0.5, 0.6) is 0 Å². The van der Waals surface area contributed by atoms with Gasteiger partial charge < -0.3 is 5.32 Å². The minimum absolute atomic E-state index is 0.0547. The average Bonchev–Trinajstić information content (AvgIpc) is 3.35. The molecule has 0 atom stereocenters. The number of nitrogens with one attached hydrogen (secondary N) is 2. The normalized spacial score (nSPS) is 11.6. The Morgan fingerprint density at radius 2 is 1.36 bits per heavy atom. The van der Waals surface area contributed by atoms with E-state index in [-0.39, 0.29) is 16.6 Å². The summed E-state index contributed by atoms with van der Waals surface area (Å²) in [5, 5.41) is 7.30. The maximum absolute atomic E-state index is 13.0. The highest BCUT2D eigenvalue weighted by atomic mass is 32.2. The van der Waals surface area contributed by atoms with E-state index in [2.05, 4.69) is 49.4 Å². The maximum atomic E-state index is 13.0. The van der Waals surface area contributed by atoms with Crippen molar-refractivity contribution in [3.8, 4) is 0 Å². The molecule has 0 saturated carbocycles. The van der Waals surface area contributed by atoms with Gasteiger partial charge in [0.15, 0.2) is 11.6 Å². The van der Waals surface area contributed by atoms with Gasteiger partial charge >= 0.3 is 0 Å². The summed E-state index contributed by atoms with van der Waals surface area (Å²) in [5.74, 6) is 0.693. The fourth-order valence-electron chi connectivity index (χ4n) is 4.15. The Balaban J connectivity index is 1.42. The van der Waals surface area contributed by atoms with E-state index in [0.717, 1.165) is 6.42 Å². The number of hydrogen-bond donors (Lipinski definition) is 2. The molecule has 3 aromatic carbocycles. The third kappa shape index (κ3) is 5.21. The van der Waals surface area contributed by atoms with E-state index in [1.165, 1.54) is 28.2 Å². The lowest BCUT2D eigenvalue weighted by molar-refractivity contribution is 0.601. The van der Waals surface area contributed by atoms with Crippen molar-refractivity contribution >= 4 is 32.7 Å². The van der Waals surface area contributed by atoms with Crippen LogP contribution in [0.4, 0.5) is 11.6 Å². The van der Waals surface area contributed by atoms with Crippen LogP contribution in [-0.2, 0) is 17.1 Å². The highest BCUT2D eigenvalue weighted by Gasteiger charge is 2.21. The van der Waals surface area contributed by atoms with E-state index in [9.17, 15) is 8.42 Å². The lowest BCUT2D eigenvalue weighted by atomic mass is 9.88. The maximum Gasteiger partial charge on any atom is 0.266 e. The number of aromatic nitrogens is 4. The molecule has 2 heterocycles. The monoisotopic (exact) mass is 498 g/mol. The Hall–Kier alpha value is -4.24. The van der Waals surface area contributed by atoms with Crippen LogP contribution in [0.25, 0.3) is 11.0 Å². The number of fused-ring (bicyclic) bond motifs is 1. The van der Waals surface area contributed by atoms with Gasteiger partial charge in [0, 0.05) is 25.7 Å². The molecule has 0 fully saturated rings. The predicted molar refractivity (Wildman–Crippen MR) is 141 cm³/mol. The summed E-state index contributed by atoms with van der Waals surface area (Å²) in [6.45, 7) is 0.559. The Labute approximate surface area is 210 Å². The molecule has 0 unspecified atom stereocenters. The minimum Gasteiger partial charge on any atom is -0.367 e. The Morgan fingerprint density at radius 3 is 1.92 bits per heavy atom. The molecule has 0 bridgehead atoms. The van der Waals surface area contributed by atoms with Crippen LogP contribution in [0.2, 0.25) is 0 Å². The van der Waals surface area contributed by atoms with Gasteiger partial charge in [0.2, 0.25) is 0 Å². The smallest absolute Gasteiger partial charge is 0.266 e. The standard InChI is InChI=1S/C27H26N6O2S/c1-33-19-22(18-29-33)36(34,35)32-27-26(30-24-14-8-9-15-25(24)31-27)28-17-16-23(20-10-4-2-5-11-20)21-12-6-3-7-13-21/h2-15,18-19,23H,16-17H2,1H3,(H,28,30)(H,31,32). The van der Waals surface area contributed by atoms with Crippen LogP contribution < -0.4 is 10.0 Å². The number of rotatable bonds is 9. The molecular formula is C27H26N6O2S. The number of para-hydroxylation sites is 2. The van der Waals surface area contributed by atoms with Gasteiger partial charge in [-0.3, -0.25) is 9.40 Å². The first-order valence-corrected chi connectivity index (χ1v) is 13.1. The molecule has 2 aromatic heterocycles. The molecular weight excluding hydrogens is 472 g/mol. The third-order valence-corrected chi connectivity index (χ3v) is 7.22. The van der Waals surface area contributed by atoms with Crippen molar-refractivity contribution < 1.29 is 8.42 Å². The summed E-state index contributed by atoms with van der Waals surface area (Å²) in [5.41, 5.74) is 3.70. The van der Waals surface area contributed by atoms with E-state index in [0.29, 0.717) is 23.4 Å². The summed E-state index contributed by atoms with van der Waals surface area (Å²) in [6, 6.07) is 28.1. The molecule has 0 radical (unpaired) electrons. The second-order valence-corrected chi connectivity index (χ2v) is 10.1. The minimum atomic E-state index is -3.89. The molecule has 5 aromatic rings. The molecule has 8 nitrogen and oxygen atoms in total. The van der Waals surface area contributed by atoms with Crippen molar-refractivity contribution in [2.75, 3.05) is 16.6 Å². The molecule has 36 heavy (non-hydrogen) atoms. The van der Waals surface area contributed by atoms with Crippen LogP contribution in [0.3, 0.4) is 0 Å². The van der Waals surface area contributed by atoms with Crippen molar-refractivity contribution in [3.05, 3.63) is 108 Å². The molecule has 0 spiro atoms. The first kappa shape index (κ1) is 23.5. The van der Waals surface area contributed by atoms with Gasteiger partial charge in [-0.05, 0) is 29.7 Å². The third-order valence-electron chi connectivity index (χ3n) is 5.92. The fourth-order valence-corrected chi connectivity index (χ4v) is 5.14. The zero-order chi connectivity index (χ0) is 25.0. The number of nitrogens with zero attached hydrogens (tertiary/aromatic N) is 4. The van der Waals surface area contributed by atoms with Crippen molar-refractivity contribution in [2.45, 2.75) is 17.2 Å². The van der Waals surface area contributed by atoms with Gasteiger partial charge in [-0.25, -0.2) is 18.4 Å². The lowest BCUT2D eigenvalue weighted by Gasteiger charge is -2.19. The van der Waals surface area contributed by atoms with E-state index in [1.54, 1.807) is 13.1 Å². The van der Waals surface area contributed by atoms with Crippen molar-refractivity contribution in [1.29, 1.82) is 0 Å². The molecule has 5 rings (SSSR count). The highest BCUT2D eigenvalue weighted by molar-refractivity contribution is 7.92. The molecule has 182 valence electrons. The van der Waals surface area contributed by atoms with Crippen LogP contribution in [0.1, 0.15) is 23.5 Å². The van der Waals surface area contributed by atoms with Crippen LogP contribution in [-0.4, -0.2) is 34.7 Å². The van der Waals surface area contributed by atoms with Gasteiger partial charge in [-0.15, -0.1) is 0 Å². The number of hydrogen-bond acceptors (Lipinski definition) is 6. The summed E-state index contributed by atoms with van der Waals surface area (Å²) in [4.78, 5) is 9.30. The Kier molecular flexibility index (Phi) is 6.64. The number of aryl methyl sites for hydroxylation is 1. The van der Waals surface area contributed by atoms with Gasteiger partial charge in [-0.1, -0.05) is 72.8 Å². The number of anilines is 2. The van der Waals surface area contributed by atoms with Gasteiger partial charge in [0.05, 0.1) is 17.2 Å². The second kappa shape index (κ2) is 10.2. The summed E-state index contributed by atoms with van der Waals surface area (Å²) >= 11 is 0. The molecule has 0 amide bonds. The van der Waals surface area contributed by atoms with Gasteiger partial charge in [0.1, 0.15) is 4.90 Å². The van der Waals surface area contributed by atoms with Crippen LogP contribution in [0, 0.1) is 0 Å². The quantitative estimate of drug-likeness (QED) is 0.303. The van der Waals surface area contributed by atoms with E-state index < -0.39 is 10.0 Å². The fraction of sp³-hybridized carbons (Fsp3) is 0.148. The summed E-state index contributed by atoms with van der Waals surface area (Å²) < 4.78 is 30.0. The molecule has 0 aliphatic heterocycles. The topological polar surface area (TPSA) is 102 Å². The molecule has 0 saturated heterocycles. The van der Waals surface area contributed by atoms with Crippen LogP contribution in [0.15, 0.2) is 102 Å². The molecule has 9 heteroatoms.